The summed E-state index contributed by atoms with van der Waals surface area (Å²) in [6.45, 7) is 8.23. The van der Waals surface area contributed by atoms with Crippen LogP contribution in [0.3, 0.4) is 0 Å². The molecule has 0 atom stereocenters. The van der Waals surface area contributed by atoms with Gasteiger partial charge in [-0.15, -0.1) is 0 Å². The quantitative estimate of drug-likeness (QED) is 0.549. The summed E-state index contributed by atoms with van der Waals surface area (Å²) in [6, 6.07) is 6.76. The van der Waals surface area contributed by atoms with Crippen molar-refractivity contribution in [2.45, 2.75) is 59.8 Å². The van der Waals surface area contributed by atoms with Gasteiger partial charge in [-0.25, -0.2) is 0 Å². The van der Waals surface area contributed by atoms with E-state index in [2.05, 4.69) is 20.8 Å². The second-order valence-electron chi connectivity index (χ2n) is 6.56. The van der Waals surface area contributed by atoms with E-state index in [1.165, 1.54) is 0 Å². The minimum absolute atomic E-state index is 0.0746. The molecular formula is C18H26O4. The van der Waals surface area contributed by atoms with Gasteiger partial charge in [-0.05, 0) is 30.4 Å². The third-order valence-corrected chi connectivity index (χ3v) is 3.11. The zero-order valence-electron chi connectivity index (χ0n) is 14.0. The second-order valence-corrected chi connectivity index (χ2v) is 6.56. The van der Waals surface area contributed by atoms with Crippen LogP contribution in [0.25, 0.3) is 0 Å². The lowest BCUT2D eigenvalue weighted by molar-refractivity contribution is -0.137. The minimum atomic E-state index is -0.313. The third-order valence-electron chi connectivity index (χ3n) is 3.11. The fraction of sp³-hybridized carbons (Fsp3) is 0.556. The lowest BCUT2D eigenvalue weighted by Gasteiger charge is -2.17. The summed E-state index contributed by atoms with van der Waals surface area (Å²) in [6.07, 6.45) is 3.15. The van der Waals surface area contributed by atoms with Gasteiger partial charge in [0.15, 0.2) is 11.5 Å². The average Bonchev–Trinajstić information content (AvgIpc) is 2.44. The number of carbonyl (C=O) groups excluding carboxylic acids is 2. The van der Waals surface area contributed by atoms with E-state index in [1.54, 1.807) is 24.3 Å². The molecule has 0 N–H and O–H groups in total. The van der Waals surface area contributed by atoms with Crippen LogP contribution in [0.15, 0.2) is 24.3 Å². The van der Waals surface area contributed by atoms with Gasteiger partial charge in [-0.1, -0.05) is 46.2 Å². The number of para-hydroxylation sites is 2. The average molecular weight is 306 g/mol. The monoisotopic (exact) mass is 306 g/mol. The molecule has 0 unspecified atom stereocenters. The topological polar surface area (TPSA) is 52.6 Å². The van der Waals surface area contributed by atoms with Crippen LogP contribution in [-0.2, 0) is 9.59 Å². The number of esters is 2. The molecule has 1 rings (SSSR count). The largest absolute Gasteiger partial charge is 0.423 e. The van der Waals surface area contributed by atoms with Gasteiger partial charge in [0.2, 0.25) is 0 Å². The number of hydrogen-bond donors (Lipinski definition) is 0. The molecule has 0 fully saturated rings. The highest BCUT2D eigenvalue weighted by molar-refractivity contribution is 5.76. The van der Waals surface area contributed by atoms with Crippen LogP contribution in [0.2, 0.25) is 0 Å². The maximum atomic E-state index is 11.9. The maximum Gasteiger partial charge on any atom is 0.311 e. The number of hydrogen-bond acceptors (Lipinski definition) is 4. The SMILES string of the molecule is CCCCC(=O)Oc1ccccc1OC(=O)CCC(C)(C)C. The number of unbranched alkanes of at least 4 members (excludes halogenated alkanes) is 1. The molecule has 0 amide bonds. The molecule has 0 aromatic heterocycles. The first kappa shape index (κ1) is 18.2. The van der Waals surface area contributed by atoms with Crippen LogP contribution < -0.4 is 9.47 Å². The molecule has 0 radical (unpaired) electrons. The zero-order chi connectivity index (χ0) is 16.6. The van der Waals surface area contributed by atoms with Crippen molar-refractivity contribution in [3.8, 4) is 11.5 Å². The fourth-order valence-corrected chi connectivity index (χ4v) is 1.76. The molecule has 0 spiro atoms. The zero-order valence-corrected chi connectivity index (χ0v) is 14.0. The Hall–Kier alpha value is -1.84. The highest BCUT2D eigenvalue weighted by Gasteiger charge is 2.16. The van der Waals surface area contributed by atoms with E-state index in [4.69, 9.17) is 9.47 Å². The summed E-state index contributed by atoms with van der Waals surface area (Å²) >= 11 is 0. The Morgan fingerprint density at radius 3 is 1.91 bits per heavy atom. The fourth-order valence-electron chi connectivity index (χ4n) is 1.76. The van der Waals surface area contributed by atoms with Gasteiger partial charge in [0.1, 0.15) is 0 Å². The molecule has 0 heterocycles. The molecule has 1 aromatic rings. The molecule has 0 aliphatic rings. The van der Waals surface area contributed by atoms with E-state index in [0.717, 1.165) is 19.3 Å². The third kappa shape index (κ3) is 7.25. The summed E-state index contributed by atoms with van der Waals surface area (Å²) in [7, 11) is 0. The van der Waals surface area contributed by atoms with Crippen molar-refractivity contribution >= 4 is 11.9 Å². The number of benzene rings is 1. The van der Waals surface area contributed by atoms with Crippen molar-refractivity contribution in [1.29, 1.82) is 0 Å². The summed E-state index contributed by atoms with van der Waals surface area (Å²) in [4.78, 5) is 23.6. The Kier molecular flexibility index (Phi) is 7.09. The Bertz CT molecular complexity index is 500. The molecule has 0 saturated heterocycles. The van der Waals surface area contributed by atoms with Crippen LogP contribution >= 0.6 is 0 Å². The van der Waals surface area contributed by atoms with Crippen LogP contribution in [0, 0.1) is 5.41 Å². The minimum Gasteiger partial charge on any atom is -0.423 e. The number of ether oxygens (including phenoxy) is 2. The summed E-state index contributed by atoms with van der Waals surface area (Å²) < 4.78 is 10.6. The van der Waals surface area contributed by atoms with Gasteiger partial charge in [0, 0.05) is 12.8 Å². The Labute approximate surface area is 132 Å². The Morgan fingerprint density at radius 2 is 1.45 bits per heavy atom. The normalized spacial score (nSPS) is 11.1. The van der Waals surface area contributed by atoms with Crippen LogP contribution in [0.4, 0.5) is 0 Å². The predicted molar refractivity (Wildman–Crippen MR) is 85.9 cm³/mol. The second kappa shape index (κ2) is 8.57. The van der Waals surface area contributed by atoms with E-state index in [-0.39, 0.29) is 17.4 Å². The maximum absolute atomic E-state index is 11.9. The van der Waals surface area contributed by atoms with Gasteiger partial charge >= 0.3 is 11.9 Å². The molecular weight excluding hydrogens is 280 g/mol. The lowest BCUT2D eigenvalue weighted by atomic mass is 9.91. The molecule has 122 valence electrons. The van der Waals surface area contributed by atoms with E-state index in [0.29, 0.717) is 24.3 Å². The van der Waals surface area contributed by atoms with Gasteiger partial charge in [-0.2, -0.15) is 0 Å². The van der Waals surface area contributed by atoms with Crippen molar-refractivity contribution in [2.75, 3.05) is 0 Å². The summed E-state index contributed by atoms with van der Waals surface area (Å²) in [5, 5.41) is 0. The van der Waals surface area contributed by atoms with Gasteiger partial charge < -0.3 is 9.47 Å². The van der Waals surface area contributed by atoms with E-state index in [1.807, 2.05) is 6.92 Å². The molecule has 4 heteroatoms. The van der Waals surface area contributed by atoms with Crippen molar-refractivity contribution in [3.63, 3.8) is 0 Å². The van der Waals surface area contributed by atoms with Gasteiger partial charge in [0.05, 0.1) is 0 Å². The van der Waals surface area contributed by atoms with Crippen LogP contribution in [0.1, 0.15) is 59.8 Å². The van der Waals surface area contributed by atoms with E-state index in [9.17, 15) is 9.59 Å². The van der Waals surface area contributed by atoms with Crippen LogP contribution in [0.5, 0.6) is 11.5 Å². The first-order valence-electron chi connectivity index (χ1n) is 7.82. The number of carbonyl (C=O) groups is 2. The molecule has 0 aliphatic heterocycles. The molecule has 1 aromatic carbocycles. The first-order valence-corrected chi connectivity index (χ1v) is 7.82. The summed E-state index contributed by atoms with van der Waals surface area (Å²) in [5.74, 6) is -0.0222. The molecule has 0 bridgehead atoms. The summed E-state index contributed by atoms with van der Waals surface area (Å²) in [5.41, 5.74) is 0.0746. The Morgan fingerprint density at radius 1 is 0.955 bits per heavy atom. The van der Waals surface area contributed by atoms with Crippen molar-refractivity contribution in [3.05, 3.63) is 24.3 Å². The lowest BCUT2D eigenvalue weighted by Crippen LogP contribution is -2.14. The number of rotatable bonds is 7. The van der Waals surface area contributed by atoms with Crippen molar-refractivity contribution in [2.24, 2.45) is 5.41 Å². The molecule has 0 aliphatic carbocycles. The van der Waals surface area contributed by atoms with Crippen molar-refractivity contribution < 1.29 is 19.1 Å². The molecule has 4 nitrogen and oxygen atoms in total. The predicted octanol–water partition coefficient (Wildman–Crippen LogP) is 4.51. The first-order chi connectivity index (χ1) is 10.3. The highest BCUT2D eigenvalue weighted by Crippen LogP contribution is 2.28. The van der Waals surface area contributed by atoms with Gasteiger partial charge in [0.25, 0.3) is 0 Å². The van der Waals surface area contributed by atoms with E-state index < -0.39 is 0 Å². The Balaban J connectivity index is 2.63. The van der Waals surface area contributed by atoms with Gasteiger partial charge in [-0.3, -0.25) is 9.59 Å². The highest BCUT2D eigenvalue weighted by atomic mass is 16.6. The standard InChI is InChI=1S/C18H26O4/c1-5-6-11-16(19)21-14-9-7-8-10-15(14)22-17(20)12-13-18(2,3)4/h7-10H,5-6,11-13H2,1-4H3. The van der Waals surface area contributed by atoms with Crippen molar-refractivity contribution in [1.82, 2.24) is 0 Å². The van der Waals surface area contributed by atoms with E-state index >= 15 is 0 Å². The molecule has 0 saturated carbocycles. The molecule has 22 heavy (non-hydrogen) atoms. The van der Waals surface area contributed by atoms with Crippen LogP contribution in [-0.4, -0.2) is 11.9 Å². The smallest absolute Gasteiger partial charge is 0.311 e.